The lowest BCUT2D eigenvalue weighted by Crippen LogP contribution is -2.48. The van der Waals surface area contributed by atoms with E-state index in [1.165, 1.54) is 108 Å². The van der Waals surface area contributed by atoms with Crippen LogP contribution in [-0.4, -0.2) is 36.1 Å². The first-order valence-electron chi connectivity index (χ1n) is 10.1. The van der Waals surface area contributed by atoms with Crippen LogP contribution in [0.15, 0.2) is 0 Å². The van der Waals surface area contributed by atoms with E-state index in [4.69, 9.17) is 0 Å². The molecule has 0 aromatic heterocycles. The van der Waals surface area contributed by atoms with E-state index in [0.717, 1.165) is 0 Å². The Morgan fingerprint density at radius 2 is 0.773 bits per heavy atom. The van der Waals surface area contributed by atoms with Crippen LogP contribution in [0.4, 0.5) is 0 Å². The van der Waals surface area contributed by atoms with Crippen LogP contribution >= 0.6 is 0 Å². The van der Waals surface area contributed by atoms with E-state index in [2.05, 4.69) is 27.7 Å². The molecule has 0 saturated heterocycles. The smallest absolute Gasteiger partial charge is 0.0786 e. The number of hydrogen-bond donors (Lipinski definition) is 0. The van der Waals surface area contributed by atoms with E-state index in [1.807, 2.05) is 0 Å². The highest BCUT2D eigenvalue weighted by molar-refractivity contribution is 4.49. The second-order valence-electron chi connectivity index (χ2n) is 6.90. The molecule has 0 saturated carbocycles. The van der Waals surface area contributed by atoms with Crippen LogP contribution in [0.3, 0.4) is 0 Å². The Hall–Kier alpha value is -0.0800. The molecule has 0 unspecified atom stereocenters. The van der Waals surface area contributed by atoms with Crippen molar-refractivity contribution in [3.05, 3.63) is 0 Å². The lowest BCUT2D eigenvalue weighted by atomic mass is 10.1. The first-order chi connectivity index (χ1) is 10.2. The summed E-state index contributed by atoms with van der Waals surface area (Å²) in [6.07, 6.45) is 17.5. The summed E-state index contributed by atoms with van der Waals surface area (Å²) in [5, 5.41) is 0. The first kappa shape index (κ1) is 24.2. The van der Waals surface area contributed by atoms with Gasteiger partial charge in [-0.3, -0.25) is 0 Å². The van der Waals surface area contributed by atoms with Crippen molar-refractivity contribution in [3.8, 4) is 0 Å². The lowest BCUT2D eigenvalue weighted by Gasteiger charge is -2.35. The Morgan fingerprint density at radius 1 is 0.455 bits per heavy atom. The molecule has 2 heteroatoms. The first-order valence-corrected chi connectivity index (χ1v) is 10.1. The van der Waals surface area contributed by atoms with Crippen LogP contribution < -0.4 is 0 Å². The van der Waals surface area contributed by atoms with Crippen molar-refractivity contribution < 1.29 is 9.96 Å². The molecule has 0 radical (unpaired) electrons. The minimum Gasteiger partial charge on any atom is -0.870 e. The summed E-state index contributed by atoms with van der Waals surface area (Å²) in [4.78, 5) is 0. The van der Waals surface area contributed by atoms with E-state index >= 15 is 0 Å². The summed E-state index contributed by atoms with van der Waals surface area (Å²) in [6, 6.07) is 0. The molecule has 1 N–H and O–H groups in total. The number of nitrogens with zero attached hydrogens (tertiary/aromatic N) is 1. The van der Waals surface area contributed by atoms with Crippen molar-refractivity contribution in [1.29, 1.82) is 0 Å². The zero-order valence-corrected chi connectivity index (χ0v) is 16.2. The van der Waals surface area contributed by atoms with E-state index in [0.29, 0.717) is 0 Å². The van der Waals surface area contributed by atoms with Gasteiger partial charge in [0.05, 0.1) is 26.2 Å². The van der Waals surface area contributed by atoms with Crippen molar-refractivity contribution >= 4 is 0 Å². The predicted molar refractivity (Wildman–Crippen MR) is 99.8 cm³/mol. The zero-order valence-electron chi connectivity index (χ0n) is 16.2. The van der Waals surface area contributed by atoms with Crippen LogP contribution in [0.1, 0.15) is 105 Å². The van der Waals surface area contributed by atoms with Gasteiger partial charge in [-0.1, -0.05) is 71.1 Å². The highest BCUT2D eigenvalue weighted by Gasteiger charge is 2.19. The minimum absolute atomic E-state index is 0. The van der Waals surface area contributed by atoms with Gasteiger partial charge in [0, 0.05) is 0 Å². The van der Waals surface area contributed by atoms with E-state index in [-0.39, 0.29) is 5.48 Å². The third-order valence-corrected chi connectivity index (χ3v) is 5.50. The van der Waals surface area contributed by atoms with Gasteiger partial charge in [-0.15, -0.1) is 0 Å². The van der Waals surface area contributed by atoms with Gasteiger partial charge in [0.15, 0.2) is 0 Å². The van der Waals surface area contributed by atoms with Gasteiger partial charge in [0.25, 0.3) is 0 Å². The SMILES string of the molecule is CCCCCCCCCCCCCC[N+](CC)(CC)CC.[OH-]. The van der Waals surface area contributed by atoms with Crippen molar-refractivity contribution in [2.75, 3.05) is 26.2 Å². The monoisotopic (exact) mass is 315 g/mol. The second-order valence-corrected chi connectivity index (χ2v) is 6.90. The van der Waals surface area contributed by atoms with E-state index in [1.54, 1.807) is 0 Å². The molecule has 0 aliphatic rings. The third kappa shape index (κ3) is 12.5. The topological polar surface area (TPSA) is 30.0 Å². The highest BCUT2D eigenvalue weighted by Crippen LogP contribution is 2.14. The summed E-state index contributed by atoms with van der Waals surface area (Å²) < 4.78 is 1.33. The van der Waals surface area contributed by atoms with Crippen LogP contribution in [0.25, 0.3) is 0 Å². The molecular formula is C20H45NO. The Labute approximate surface area is 141 Å². The van der Waals surface area contributed by atoms with Crippen LogP contribution in [0.2, 0.25) is 0 Å². The van der Waals surface area contributed by atoms with Gasteiger partial charge in [-0.25, -0.2) is 0 Å². The van der Waals surface area contributed by atoms with Crippen LogP contribution in [0.5, 0.6) is 0 Å². The quantitative estimate of drug-likeness (QED) is 0.240. The number of hydrogen-bond acceptors (Lipinski definition) is 1. The molecule has 0 aromatic rings. The van der Waals surface area contributed by atoms with Crippen molar-refractivity contribution in [1.82, 2.24) is 0 Å². The molecule has 0 amide bonds. The minimum atomic E-state index is 0. The van der Waals surface area contributed by atoms with Gasteiger partial charge in [-0.05, 0) is 33.6 Å². The molecular weight excluding hydrogens is 270 g/mol. The van der Waals surface area contributed by atoms with Gasteiger partial charge in [0.1, 0.15) is 0 Å². The van der Waals surface area contributed by atoms with Gasteiger partial charge >= 0.3 is 0 Å². The Morgan fingerprint density at radius 3 is 1.09 bits per heavy atom. The molecule has 136 valence electrons. The molecule has 0 spiro atoms. The summed E-state index contributed by atoms with van der Waals surface area (Å²) in [5.74, 6) is 0. The molecule has 0 aromatic carbocycles. The normalized spacial score (nSPS) is 11.5. The Kier molecular flexibility index (Phi) is 19.0. The summed E-state index contributed by atoms with van der Waals surface area (Å²) >= 11 is 0. The molecule has 0 heterocycles. The van der Waals surface area contributed by atoms with Crippen LogP contribution in [-0.2, 0) is 0 Å². The van der Waals surface area contributed by atoms with E-state index < -0.39 is 0 Å². The average molecular weight is 316 g/mol. The number of quaternary nitrogens is 1. The predicted octanol–water partition coefficient (Wildman–Crippen LogP) is 6.39. The molecule has 0 aliphatic heterocycles. The fourth-order valence-electron chi connectivity index (χ4n) is 3.43. The van der Waals surface area contributed by atoms with Crippen LogP contribution in [0, 0.1) is 0 Å². The van der Waals surface area contributed by atoms with Gasteiger partial charge in [-0.2, -0.15) is 0 Å². The van der Waals surface area contributed by atoms with Crippen molar-refractivity contribution in [2.24, 2.45) is 0 Å². The summed E-state index contributed by atoms with van der Waals surface area (Å²) in [7, 11) is 0. The summed E-state index contributed by atoms with van der Waals surface area (Å²) in [6.45, 7) is 14.7. The standard InChI is InChI=1S/C20H44N.H2O/c1-5-9-10-11-12-13-14-15-16-17-18-19-20-21(6-2,7-3)8-4;/h5-20H2,1-4H3;1H2/q+1;/p-1. The molecule has 0 rings (SSSR count). The Bertz CT molecular complexity index is 194. The summed E-state index contributed by atoms with van der Waals surface area (Å²) in [5.41, 5.74) is 0. The maximum atomic E-state index is 2.35. The number of rotatable bonds is 16. The second kappa shape index (κ2) is 17.3. The Balaban J connectivity index is 0. The van der Waals surface area contributed by atoms with Gasteiger partial charge < -0.3 is 9.96 Å². The molecule has 22 heavy (non-hydrogen) atoms. The number of unbranched alkanes of at least 4 members (excludes halogenated alkanes) is 11. The zero-order chi connectivity index (χ0) is 15.8. The molecule has 0 bridgehead atoms. The molecule has 0 aliphatic carbocycles. The molecule has 0 atom stereocenters. The lowest BCUT2D eigenvalue weighted by molar-refractivity contribution is -0.923. The fraction of sp³-hybridized carbons (Fsp3) is 1.00. The van der Waals surface area contributed by atoms with Gasteiger partial charge in [0.2, 0.25) is 0 Å². The van der Waals surface area contributed by atoms with Crippen molar-refractivity contribution in [2.45, 2.75) is 105 Å². The maximum Gasteiger partial charge on any atom is 0.0786 e. The molecule has 2 nitrogen and oxygen atoms in total. The van der Waals surface area contributed by atoms with E-state index in [9.17, 15) is 0 Å². The van der Waals surface area contributed by atoms with Crippen molar-refractivity contribution in [3.63, 3.8) is 0 Å². The largest absolute Gasteiger partial charge is 0.870 e. The fourth-order valence-corrected chi connectivity index (χ4v) is 3.43. The maximum absolute atomic E-state index is 2.35. The third-order valence-electron chi connectivity index (χ3n) is 5.50. The average Bonchev–Trinajstić information content (AvgIpc) is 2.53. The highest BCUT2D eigenvalue weighted by atomic mass is 16.0. The molecule has 0 fully saturated rings.